The van der Waals surface area contributed by atoms with Crippen molar-refractivity contribution < 1.29 is 0 Å². The van der Waals surface area contributed by atoms with Crippen molar-refractivity contribution in [3.05, 3.63) is 19.2 Å². The Morgan fingerprint density at radius 1 is 1.60 bits per heavy atom. The van der Waals surface area contributed by atoms with Crippen LogP contribution in [0.1, 0.15) is 17.4 Å². The summed E-state index contributed by atoms with van der Waals surface area (Å²) in [5, 5.41) is 0.930. The van der Waals surface area contributed by atoms with E-state index >= 15 is 0 Å². The van der Waals surface area contributed by atoms with Crippen LogP contribution in [-0.2, 0) is 6.42 Å². The van der Waals surface area contributed by atoms with Crippen LogP contribution in [0.2, 0.25) is 5.02 Å². The molecule has 1 heterocycles. The first-order valence-electron chi connectivity index (χ1n) is 3.10. The highest BCUT2D eigenvalue weighted by atomic mass is 79.9. The minimum absolute atomic E-state index is 0.930. The molecule has 0 amide bonds. The Labute approximate surface area is 78.3 Å². The molecule has 1 aromatic heterocycles. The fraction of sp³-hybridized carbons (Fsp3) is 0.429. The summed E-state index contributed by atoms with van der Waals surface area (Å²) in [5.74, 6) is 0. The van der Waals surface area contributed by atoms with Crippen LogP contribution in [0.3, 0.4) is 0 Å². The molecule has 0 N–H and O–H groups in total. The SMILES string of the molecule is CCc1sc(Br)c(C)c1Cl. The summed E-state index contributed by atoms with van der Waals surface area (Å²) < 4.78 is 1.16. The summed E-state index contributed by atoms with van der Waals surface area (Å²) in [6, 6.07) is 0. The second-order valence-electron chi connectivity index (χ2n) is 2.09. The van der Waals surface area contributed by atoms with Crippen molar-refractivity contribution in [3.8, 4) is 0 Å². The lowest BCUT2D eigenvalue weighted by Crippen LogP contribution is -1.71. The second kappa shape index (κ2) is 3.24. The lowest BCUT2D eigenvalue weighted by atomic mass is 10.3. The zero-order valence-electron chi connectivity index (χ0n) is 5.87. The maximum atomic E-state index is 5.99. The molecule has 0 aliphatic heterocycles. The van der Waals surface area contributed by atoms with Crippen LogP contribution in [0.25, 0.3) is 0 Å². The summed E-state index contributed by atoms with van der Waals surface area (Å²) in [6.45, 7) is 4.14. The molecule has 10 heavy (non-hydrogen) atoms. The number of rotatable bonds is 1. The first-order valence-corrected chi connectivity index (χ1v) is 5.08. The Morgan fingerprint density at radius 2 is 2.20 bits per heavy atom. The molecule has 0 saturated carbocycles. The molecule has 0 fully saturated rings. The lowest BCUT2D eigenvalue weighted by molar-refractivity contribution is 1.18. The van der Waals surface area contributed by atoms with Gasteiger partial charge >= 0.3 is 0 Å². The molecule has 0 unspecified atom stereocenters. The van der Waals surface area contributed by atoms with E-state index in [2.05, 4.69) is 22.9 Å². The van der Waals surface area contributed by atoms with Gasteiger partial charge in [0.1, 0.15) is 0 Å². The predicted molar refractivity (Wildman–Crippen MR) is 51.1 cm³/mol. The molecule has 3 heteroatoms. The van der Waals surface area contributed by atoms with Crippen molar-refractivity contribution in [2.24, 2.45) is 0 Å². The molecule has 0 aliphatic rings. The van der Waals surface area contributed by atoms with Gasteiger partial charge in [0, 0.05) is 4.88 Å². The molecule has 0 radical (unpaired) electrons. The van der Waals surface area contributed by atoms with Gasteiger partial charge in [0.25, 0.3) is 0 Å². The molecule has 0 aromatic carbocycles. The highest BCUT2D eigenvalue weighted by Crippen LogP contribution is 2.36. The van der Waals surface area contributed by atoms with Crippen LogP contribution >= 0.6 is 38.9 Å². The molecule has 0 atom stereocenters. The third kappa shape index (κ3) is 1.39. The van der Waals surface area contributed by atoms with E-state index in [-0.39, 0.29) is 0 Å². The van der Waals surface area contributed by atoms with Gasteiger partial charge in [0.05, 0.1) is 8.81 Å². The molecule has 1 aromatic rings. The van der Waals surface area contributed by atoms with Gasteiger partial charge in [-0.15, -0.1) is 11.3 Å². The van der Waals surface area contributed by atoms with E-state index in [0.717, 1.165) is 15.2 Å². The Bertz CT molecular complexity index is 242. The quantitative estimate of drug-likeness (QED) is 0.694. The highest BCUT2D eigenvalue weighted by molar-refractivity contribution is 9.11. The number of halogens is 2. The van der Waals surface area contributed by atoms with Crippen LogP contribution in [0.5, 0.6) is 0 Å². The van der Waals surface area contributed by atoms with Crippen LogP contribution < -0.4 is 0 Å². The molecule has 0 saturated heterocycles. The van der Waals surface area contributed by atoms with Crippen molar-refractivity contribution in [1.29, 1.82) is 0 Å². The van der Waals surface area contributed by atoms with Gasteiger partial charge < -0.3 is 0 Å². The second-order valence-corrected chi connectivity index (χ2v) is 4.89. The zero-order chi connectivity index (χ0) is 7.72. The first-order chi connectivity index (χ1) is 4.66. The summed E-state index contributed by atoms with van der Waals surface area (Å²) >= 11 is 11.2. The van der Waals surface area contributed by atoms with Crippen molar-refractivity contribution in [2.75, 3.05) is 0 Å². The number of thiophene rings is 1. The fourth-order valence-corrected chi connectivity index (χ4v) is 2.91. The van der Waals surface area contributed by atoms with E-state index in [1.807, 2.05) is 6.92 Å². The van der Waals surface area contributed by atoms with E-state index in [1.54, 1.807) is 11.3 Å². The summed E-state index contributed by atoms with van der Waals surface area (Å²) in [4.78, 5) is 1.27. The lowest BCUT2D eigenvalue weighted by Gasteiger charge is -1.88. The van der Waals surface area contributed by atoms with E-state index < -0.39 is 0 Å². The van der Waals surface area contributed by atoms with Crippen LogP contribution in [0, 0.1) is 6.92 Å². The minimum atomic E-state index is 0.930. The number of aryl methyl sites for hydroxylation is 1. The van der Waals surface area contributed by atoms with E-state index in [9.17, 15) is 0 Å². The van der Waals surface area contributed by atoms with E-state index in [1.165, 1.54) is 10.4 Å². The molecule has 0 aliphatic carbocycles. The zero-order valence-corrected chi connectivity index (χ0v) is 9.03. The van der Waals surface area contributed by atoms with Crippen molar-refractivity contribution in [1.82, 2.24) is 0 Å². The summed E-state index contributed by atoms with van der Waals surface area (Å²) in [6.07, 6.45) is 1.02. The minimum Gasteiger partial charge on any atom is -0.131 e. The Morgan fingerprint density at radius 3 is 2.40 bits per heavy atom. The summed E-state index contributed by atoms with van der Waals surface area (Å²) in [5.41, 5.74) is 1.17. The standard InChI is InChI=1S/C7H8BrClS/c1-3-5-6(9)4(2)7(8)10-5/h3H2,1-2H3. The molecule has 1 rings (SSSR count). The molecular weight excluding hydrogens is 232 g/mol. The Balaban J connectivity index is 3.17. The Hall–Kier alpha value is 0.470. The fourth-order valence-electron chi connectivity index (χ4n) is 0.752. The molecule has 0 nitrogen and oxygen atoms in total. The smallest absolute Gasteiger partial charge is 0.0745 e. The number of hydrogen-bond acceptors (Lipinski definition) is 1. The molecule has 56 valence electrons. The van der Waals surface area contributed by atoms with Crippen molar-refractivity contribution >= 4 is 38.9 Å². The van der Waals surface area contributed by atoms with Gasteiger partial charge in [0.2, 0.25) is 0 Å². The maximum Gasteiger partial charge on any atom is 0.0745 e. The molecular formula is C7H8BrClS. The average molecular weight is 240 g/mol. The van der Waals surface area contributed by atoms with Gasteiger partial charge in [-0.2, -0.15) is 0 Å². The monoisotopic (exact) mass is 238 g/mol. The predicted octanol–water partition coefficient (Wildman–Crippen LogP) is 4.03. The number of hydrogen-bond donors (Lipinski definition) is 0. The van der Waals surface area contributed by atoms with E-state index in [4.69, 9.17) is 11.6 Å². The van der Waals surface area contributed by atoms with Crippen molar-refractivity contribution in [2.45, 2.75) is 20.3 Å². The van der Waals surface area contributed by atoms with Gasteiger partial charge in [0.15, 0.2) is 0 Å². The first kappa shape index (κ1) is 8.57. The average Bonchev–Trinajstić information content (AvgIpc) is 2.17. The van der Waals surface area contributed by atoms with Crippen LogP contribution in [0.15, 0.2) is 3.79 Å². The van der Waals surface area contributed by atoms with Gasteiger partial charge in [-0.1, -0.05) is 18.5 Å². The van der Waals surface area contributed by atoms with Gasteiger partial charge in [-0.05, 0) is 34.8 Å². The molecule has 0 bridgehead atoms. The van der Waals surface area contributed by atoms with E-state index in [0.29, 0.717) is 0 Å². The largest absolute Gasteiger partial charge is 0.131 e. The normalized spacial score (nSPS) is 10.4. The molecule has 0 spiro atoms. The van der Waals surface area contributed by atoms with Gasteiger partial charge in [-0.3, -0.25) is 0 Å². The third-order valence-corrected chi connectivity index (χ3v) is 4.33. The van der Waals surface area contributed by atoms with Crippen LogP contribution in [0.4, 0.5) is 0 Å². The van der Waals surface area contributed by atoms with Crippen LogP contribution in [-0.4, -0.2) is 0 Å². The topological polar surface area (TPSA) is 0 Å². The highest BCUT2D eigenvalue weighted by Gasteiger charge is 2.08. The maximum absolute atomic E-state index is 5.99. The third-order valence-electron chi connectivity index (χ3n) is 1.40. The van der Waals surface area contributed by atoms with Gasteiger partial charge in [-0.25, -0.2) is 0 Å². The van der Waals surface area contributed by atoms with Crippen molar-refractivity contribution in [3.63, 3.8) is 0 Å². The summed E-state index contributed by atoms with van der Waals surface area (Å²) in [7, 11) is 0. The Kier molecular flexibility index (Phi) is 2.78.